The Balaban J connectivity index is 0. The summed E-state index contributed by atoms with van der Waals surface area (Å²) in [5.41, 5.74) is 0. The van der Waals surface area contributed by atoms with Gasteiger partial charge in [0, 0.05) is 0 Å². The van der Waals surface area contributed by atoms with Crippen LogP contribution in [0.3, 0.4) is 0 Å². The zero-order chi connectivity index (χ0) is 7.15. The van der Waals surface area contributed by atoms with E-state index in [0.29, 0.717) is 0 Å². The Morgan fingerprint density at radius 3 is 1.25 bits per heavy atom. The molecule has 0 unspecified atom stereocenters. The summed E-state index contributed by atoms with van der Waals surface area (Å²) in [5.74, 6) is 0.167. The van der Waals surface area contributed by atoms with Crippen molar-refractivity contribution in [3.05, 3.63) is 0 Å². The first-order valence-corrected chi connectivity index (χ1v) is 8.32. The van der Waals surface area contributed by atoms with Crippen LogP contribution in [0.1, 0.15) is 13.8 Å². The summed E-state index contributed by atoms with van der Waals surface area (Å²) >= 11 is -1.75. The average molecular weight is 266 g/mol. The molecule has 0 amide bonds. The van der Waals surface area contributed by atoms with Crippen LogP contribution in [0, 0.1) is 0 Å². The van der Waals surface area contributed by atoms with Gasteiger partial charge in [-0.15, -0.1) is 0 Å². The molecule has 0 atom stereocenters. The quantitative estimate of drug-likeness (QED) is 0.616. The van der Waals surface area contributed by atoms with Gasteiger partial charge in [-0.25, -0.2) is 0 Å². The molecule has 5 heteroatoms. The van der Waals surface area contributed by atoms with Crippen LogP contribution >= 0.6 is 29.1 Å². The molecule has 0 rings (SSSR count). The number of carbonyl (C=O) groups is 1. The molecule has 0 aromatic carbocycles. The average Bonchev–Trinajstić information content (AvgIpc) is 1.25. The third kappa shape index (κ3) is 201. The molecule has 0 saturated heterocycles. The Bertz CT molecular complexity index is 58.8. The van der Waals surface area contributed by atoms with Gasteiger partial charge in [-0.05, 0) is 13.8 Å². The van der Waals surface area contributed by atoms with Crippen LogP contribution in [-0.2, 0) is 17.8 Å². The summed E-state index contributed by atoms with van der Waals surface area (Å²) in [5, 5.41) is 0. The number of halogens is 3. The van der Waals surface area contributed by atoms with Crippen molar-refractivity contribution in [1.29, 1.82) is 0 Å². The van der Waals surface area contributed by atoms with Crippen LogP contribution in [0.15, 0.2) is 0 Å². The number of hydrogen-bond acceptors (Lipinski definition) is 1. The Morgan fingerprint density at radius 2 is 1.25 bits per heavy atom. The van der Waals surface area contributed by atoms with Crippen molar-refractivity contribution < 1.29 is 17.8 Å². The zero-order valence-corrected chi connectivity index (χ0v) is 8.40. The van der Waals surface area contributed by atoms with Gasteiger partial charge >= 0.3 is 42.1 Å². The first kappa shape index (κ1) is 11.9. The van der Waals surface area contributed by atoms with E-state index in [4.69, 9.17) is 29.1 Å². The predicted octanol–water partition coefficient (Wildman–Crippen LogP) is 2.66. The summed E-state index contributed by atoms with van der Waals surface area (Å²) in [4.78, 5) is 9.44. The van der Waals surface area contributed by atoms with E-state index < -0.39 is 13.0 Å². The van der Waals surface area contributed by atoms with Crippen molar-refractivity contribution in [2.45, 2.75) is 13.8 Å². The molecule has 0 fully saturated rings. The molecule has 0 bridgehead atoms. The molecule has 0 aliphatic heterocycles. The van der Waals surface area contributed by atoms with E-state index in [1.165, 1.54) is 13.8 Å². The van der Waals surface area contributed by atoms with E-state index in [9.17, 15) is 4.79 Å². The van der Waals surface area contributed by atoms with Gasteiger partial charge < -0.3 is 4.79 Å². The third-order valence-electron chi connectivity index (χ3n) is 0. The van der Waals surface area contributed by atoms with Crippen LogP contribution in [0.4, 0.5) is 0 Å². The third-order valence-corrected chi connectivity index (χ3v) is 0. The van der Waals surface area contributed by atoms with Gasteiger partial charge in [0.05, 0.1) is 0 Å². The van der Waals surface area contributed by atoms with Crippen LogP contribution in [0.5, 0.6) is 0 Å². The number of carbonyl (C=O) groups excluding carboxylic acids is 1. The summed E-state index contributed by atoms with van der Waals surface area (Å²) in [6.07, 6.45) is 0. The number of rotatable bonds is 0. The molecule has 53 valence electrons. The number of Topliss-reactive ketones (excluding diaryl/α,β-unsaturated/α-hetero) is 1. The van der Waals surface area contributed by atoms with Crippen molar-refractivity contribution >= 4 is 34.9 Å². The molecule has 0 N–H and O–H groups in total. The number of hydrogen-bond donors (Lipinski definition) is 0. The van der Waals surface area contributed by atoms with Gasteiger partial charge in [0.15, 0.2) is 0 Å². The fourth-order valence-corrected chi connectivity index (χ4v) is 0. The molecule has 0 heterocycles. The van der Waals surface area contributed by atoms with E-state index >= 15 is 0 Å². The van der Waals surface area contributed by atoms with Crippen LogP contribution < -0.4 is 0 Å². The normalized spacial score (nSPS) is 8.88. The molecular weight excluding hydrogens is 259 g/mol. The molecule has 0 spiro atoms. The maximum atomic E-state index is 9.44. The zero-order valence-electron chi connectivity index (χ0n) is 4.40. The standard InChI is InChI=1S/C3H6O.3ClH.Ru/c1-3(2)4;;;;/h1-2H3;3*1H;/q;;;;+3/p-3. The minimum atomic E-state index is -1.75. The summed E-state index contributed by atoms with van der Waals surface area (Å²) in [6.45, 7) is 3.06. The van der Waals surface area contributed by atoms with E-state index in [2.05, 4.69) is 0 Å². The Hall–Kier alpha value is 1.16. The van der Waals surface area contributed by atoms with Gasteiger partial charge in [-0.1, -0.05) is 0 Å². The SMILES string of the molecule is CC(C)=O.[Cl][Ru]([Cl])[Cl]. The first-order chi connectivity index (χ1) is 3.46. The fraction of sp³-hybridized carbons (Fsp3) is 0.667. The van der Waals surface area contributed by atoms with Gasteiger partial charge in [0.1, 0.15) is 5.78 Å². The molecule has 0 aromatic rings. The van der Waals surface area contributed by atoms with Gasteiger partial charge in [0.25, 0.3) is 0 Å². The summed E-state index contributed by atoms with van der Waals surface area (Å²) in [7, 11) is 14.8. The summed E-state index contributed by atoms with van der Waals surface area (Å²) in [6, 6.07) is 0. The maximum absolute atomic E-state index is 9.44. The van der Waals surface area contributed by atoms with Crippen LogP contribution in [0.2, 0.25) is 0 Å². The van der Waals surface area contributed by atoms with Crippen LogP contribution in [0.25, 0.3) is 0 Å². The van der Waals surface area contributed by atoms with Crippen molar-refractivity contribution in [1.82, 2.24) is 0 Å². The van der Waals surface area contributed by atoms with Gasteiger partial charge in [-0.3, -0.25) is 0 Å². The molecule has 1 nitrogen and oxygen atoms in total. The van der Waals surface area contributed by atoms with Crippen molar-refractivity contribution in [3.63, 3.8) is 0 Å². The van der Waals surface area contributed by atoms with E-state index in [-0.39, 0.29) is 5.78 Å². The van der Waals surface area contributed by atoms with E-state index in [0.717, 1.165) is 0 Å². The second-order valence-electron chi connectivity index (χ2n) is 1.06. The second-order valence-corrected chi connectivity index (χ2v) is 8.98. The predicted molar refractivity (Wildman–Crippen MR) is 33.9 cm³/mol. The first-order valence-electron chi connectivity index (χ1n) is 1.61. The van der Waals surface area contributed by atoms with E-state index in [1.807, 2.05) is 0 Å². The Kier molecular flexibility index (Phi) is 12.1. The molecular formula is C3H6Cl3ORu. The van der Waals surface area contributed by atoms with Crippen LogP contribution in [-0.4, -0.2) is 5.78 Å². The summed E-state index contributed by atoms with van der Waals surface area (Å²) < 4.78 is 0. The van der Waals surface area contributed by atoms with Crippen molar-refractivity contribution in [2.75, 3.05) is 0 Å². The molecule has 0 aromatic heterocycles. The number of ketones is 1. The Morgan fingerprint density at radius 1 is 1.25 bits per heavy atom. The second kappa shape index (κ2) is 8.16. The van der Waals surface area contributed by atoms with E-state index in [1.54, 1.807) is 0 Å². The van der Waals surface area contributed by atoms with Gasteiger partial charge in [0.2, 0.25) is 0 Å². The Labute approximate surface area is 66.3 Å². The minimum absolute atomic E-state index is 0.167. The molecule has 8 heavy (non-hydrogen) atoms. The molecule has 0 aliphatic rings. The monoisotopic (exact) mass is 265 g/mol. The van der Waals surface area contributed by atoms with Crippen molar-refractivity contribution in [3.8, 4) is 0 Å². The van der Waals surface area contributed by atoms with Crippen molar-refractivity contribution in [2.24, 2.45) is 0 Å². The van der Waals surface area contributed by atoms with Gasteiger partial charge in [-0.2, -0.15) is 0 Å². The molecule has 0 saturated carbocycles. The molecule has 0 radical (unpaired) electrons. The topological polar surface area (TPSA) is 17.1 Å². The fourth-order valence-electron chi connectivity index (χ4n) is 0. The molecule has 0 aliphatic carbocycles.